The molecule has 0 aromatic heterocycles. The Morgan fingerprint density at radius 3 is 2.54 bits per heavy atom. The summed E-state index contributed by atoms with van der Waals surface area (Å²) in [5.41, 5.74) is 6.09. The zero-order chi connectivity index (χ0) is 9.31. The molecule has 3 nitrogen and oxygen atoms in total. The van der Waals surface area contributed by atoms with Crippen molar-refractivity contribution in [1.29, 1.82) is 0 Å². The van der Waals surface area contributed by atoms with Gasteiger partial charge in [0.15, 0.2) is 5.96 Å². The average Bonchev–Trinajstić information content (AvgIpc) is 2.61. The van der Waals surface area contributed by atoms with E-state index in [4.69, 9.17) is 5.73 Å². The molecule has 2 aliphatic rings. The van der Waals surface area contributed by atoms with E-state index in [9.17, 15) is 0 Å². The van der Waals surface area contributed by atoms with Crippen molar-refractivity contribution in [2.75, 3.05) is 0 Å². The molecule has 0 saturated heterocycles. The standard InChI is InChI=1S/C10H19N3/c1-10(6-7-10)13-9(11)12-8-4-2-3-5-8/h8H,2-7H2,1H3,(H3,11,12,13). The number of aliphatic imine (C=N–C) groups is 1. The van der Waals surface area contributed by atoms with Crippen LogP contribution in [0.2, 0.25) is 0 Å². The Morgan fingerprint density at radius 1 is 1.38 bits per heavy atom. The third-order valence-corrected chi connectivity index (χ3v) is 3.08. The minimum Gasteiger partial charge on any atom is -0.370 e. The van der Waals surface area contributed by atoms with Crippen molar-refractivity contribution in [1.82, 2.24) is 5.32 Å². The summed E-state index contributed by atoms with van der Waals surface area (Å²) < 4.78 is 0. The molecular formula is C10H19N3. The molecule has 0 aromatic rings. The first kappa shape index (κ1) is 8.85. The summed E-state index contributed by atoms with van der Waals surface area (Å²) in [4.78, 5) is 4.48. The van der Waals surface area contributed by atoms with E-state index in [1.807, 2.05) is 0 Å². The molecule has 3 heteroatoms. The number of rotatable bonds is 2. The number of hydrogen-bond donors (Lipinski definition) is 2. The number of hydrogen-bond acceptors (Lipinski definition) is 1. The lowest BCUT2D eigenvalue weighted by molar-refractivity contribution is 0.641. The smallest absolute Gasteiger partial charge is 0.189 e. The first-order valence-corrected chi connectivity index (χ1v) is 5.29. The molecule has 2 saturated carbocycles. The van der Waals surface area contributed by atoms with Gasteiger partial charge in [0.05, 0.1) is 6.04 Å². The topological polar surface area (TPSA) is 50.4 Å². The van der Waals surface area contributed by atoms with Crippen molar-refractivity contribution in [2.24, 2.45) is 10.7 Å². The van der Waals surface area contributed by atoms with Crippen LogP contribution in [0, 0.1) is 0 Å². The highest BCUT2D eigenvalue weighted by atomic mass is 15.2. The van der Waals surface area contributed by atoms with Crippen molar-refractivity contribution >= 4 is 5.96 Å². The van der Waals surface area contributed by atoms with Gasteiger partial charge in [0.2, 0.25) is 0 Å². The lowest BCUT2D eigenvalue weighted by Crippen LogP contribution is -2.40. The van der Waals surface area contributed by atoms with Gasteiger partial charge in [-0.1, -0.05) is 12.8 Å². The van der Waals surface area contributed by atoms with Crippen molar-refractivity contribution in [3.63, 3.8) is 0 Å². The van der Waals surface area contributed by atoms with E-state index in [2.05, 4.69) is 17.2 Å². The number of guanidine groups is 1. The maximum absolute atomic E-state index is 5.82. The van der Waals surface area contributed by atoms with Crippen LogP contribution < -0.4 is 11.1 Å². The second-order valence-electron chi connectivity index (χ2n) is 4.64. The molecular weight excluding hydrogens is 162 g/mol. The van der Waals surface area contributed by atoms with Gasteiger partial charge in [-0.25, -0.2) is 0 Å². The zero-order valence-electron chi connectivity index (χ0n) is 8.34. The van der Waals surface area contributed by atoms with E-state index < -0.39 is 0 Å². The molecule has 0 radical (unpaired) electrons. The largest absolute Gasteiger partial charge is 0.370 e. The zero-order valence-corrected chi connectivity index (χ0v) is 8.34. The van der Waals surface area contributed by atoms with Crippen LogP contribution >= 0.6 is 0 Å². The first-order chi connectivity index (χ1) is 6.18. The summed E-state index contributed by atoms with van der Waals surface area (Å²) in [7, 11) is 0. The van der Waals surface area contributed by atoms with Gasteiger partial charge in [-0.2, -0.15) is 0 Å². The molecule has 2 fully saturated rings. The lowest BCUT2D eigenvalue weighted by Gasteiger charge is -2.13. The Labute approximate surface area is 79.8 Å². The lowest BCUT2D eigenvalue weighted by atomic mass is 10.3. The van der Waals surface area contributed by atoms with Crippen LogP contribution in [-0.4, -0.2) is 17.5 Å². The van der Waals surface area contributed by atoms with E-state index in [0.717, 1.165) is 0 Å². The van der Waals surface area contributed by atoms with E-state index in [1.54, 1.807) is 0 Å². The van der Waals surface area contributed by atoms with Gasteiger partial charge < -0.3 is 11.1 Å². The number of nitrogens with one attached hydrogen (secondary N) is 1. The van der Waals surface area contributed by atoms with Gasteiger partial charge in [0.1, 0.15) is 0 Å². The molecule has 0 aliphatic heterocycles. The van der Waals surface area contributed by atoms with Crippen LogP contribution in [0.3, 0.4) is 0 Å². The minimum absolute atomic E-state index is 0.270. The number of nitrogens with zero attached hydrogens (tertiary/aromatic N) is 1. The van der Waals surface area contributed by atoms with Crippen LogP contribution in [0.5, 0.6) is 0 Å². The van der Waals surface area contributed by atoms with E-state index in [0.29, 0.717) is 12.0 Å². The predicted octanol–water partition coefficient (Wildman–Crippen LogP) is 1.39. The van der Waals surface area contributed by atoms with Gasteiger partial charge >= 0.3 is 0 Å². The molecule has 74 valence electrons. The number of nitrogens with two attached hydrogens (primary N) is 1. The third-order valence-electron chi connectivity index (χ3n) is 3.08. The molecule has 13 heavy (non-hydrogen) atoms. The Hall–Kier alpha value is -0.730. The second-order valence-corrected chi connectivity index (χ2v) is 4.64. The highest BCUT2D eigenvalue weighted by Gasteiger charge is 2.37. The maximum Gasteiger partial charge on any atom is 0.189 e. The molecule has 0 aromatic carbocycles. The van der Waals surface area contributed by atoms with Gasteiger partial charge in [0, 0.05) is 5.54 Å². The first-order valence-electron chi connectivity index (χ1n) is 5.29. The van der Waals surface area contributed by atoms with Crippen molar-refractivity contribution in [2.45, 2.75) is 57.0 Å². The fourth-order valence-electron chi connectivity index (χ4n) is 1.88. The molecule has 0 atom stereocenters. The Kier molecular flexibility index (Phi) is 2.18. The molecule has 2 aliphatic carbocycles. The summed E-state index contributed by atoms with van der Waals surface area (Å²) >= 11 is 0. The van der Waals surface area contributed by atoms with E-state index in [1.165, 1.54) is 38.5 Å². The molecule has 0 unspecified atom stereocenters. The molecule has 3 N–H and O–H groups in total. The Balaban J connectivity index is 1.83. The minimum atomic E-state index is 0.270. The highest BCUT2D eigenvalue weighted by Crippen LogP contribution is 2.34. The fourth-order valence-corrected chi connectivity index (χ4v) is 1.88. The Morgan fingerprint density at radius 2 is 2.00 bits per heavy atom. The summed E-state index contributed by atoms with van der Waals surface area (Å²) in [5, 5.41) is 3.28. The normalized spacial score (nSPS) is 27.6. The van der Waals surface area contributed by atoms with Crippen molar-refractivity contribution < 1.29 is 0 Å². The summed E-state index contributed by atoms with van der Waals surface area (Å²) in [6.45, 7) is 2.20. The Bertz CT molecular complexity index is 212. The van der Waals surface area contributed by atoms with Crippen LogP contribution in [0.4, 0.5) is 0 Å². The monoisotopic (exact) mass is 181 g/mol. The van der Waals surface area contributed by atoms with E-state index >= 15 is 0 Å². The van der Waals surface area contributed by atoms with Crippen LogP contribution in [0.15, 0.2) is 4.99 Å². The molecule has 0 bridgehead atoms. The molecule has 0 heterocycles. The van der Waals surface area contributed by atoms with Gasteiger partial charge in [-0.15, -0.1) is 0 Å². The summed E-state index contributed by atoms with van der Waals surface area (Å²) in [6, 6.07) is 0.495. The van der Waals surface area contributed by atoms with Gasteiger partial charge in [-0.3, -0.25) is 4.99 Å². The van der Waals surface area contributed by atoms with Crippen LogP contribution in [0.1, 0.15) is 45.4 Å². The van der Waals surface area contributed by atoms with Crippen molar-refractivity contribution in [3.8, 4) is 0 Å². The van der Waals surface area contributed by atoms with E-state index in [-0.39, 0.29) is 5.54 Å². The maximum atomic E-state index is 5.82. The molecule has 0 amide bonds. The fraction of sp³-hybridized carbons (Fsp3) is 0.900. The second kappa shape index (κ2) is 3.20. The van der Waals surface area contributed by atoms with Crippen molar-refractivity contribution in [3.05, 3.63) is 0 Å². The van der Waals surface area contributed by atoms with Gasteiger partial charge in [0.25, 0.3) is 0 Å². The quantitative estimate of drug-likeness (QED) is 0.499. The van der Waals surface area contributed by atoms with Crippen LogP contribution in [-0.2, 0) is 0 Å². The molecule has 2 rings (SSSR count). The summed E-state index contributed by atoms with van der Waals surface area (Å²) in [5.74, 6) is 0.659. The highest BCUT2D eigenvalue weighted by molar-refractivity contribution is 5.79. The van der Waals surface area contributed by atoms with Gasteiger partial charge in [-0.05, 0) is 32.6 Å². The molecule has 0 spiro atoms. The summed E-state index contributed by atoms with van der Waals surface area (Å²) in [6.07, 6.45) is 7.54. The third kappa shape index (κ3) is 2.36. The van der Waals surface area contributed by atoms with Crippen LogP contribution in [0.25, 0.3) is 0 Å². The average molecular weight is 181 g/mol. The predicted molar refractivity (Wildman–Crippen MR) is 54.7 cm³/mol. The SMILES string of the molecule is CC1(NC(N)=NC2CCCC2)CC1.